The van der Waals surface area contributed by atoms with Crippen molar-refractivity contribution in [3.05, 3.63) is 36.0 Å². The molecular weight excluding hydrogens is 336 g/mol. The first-order valence-electron chi connectivity index (χ1n) is 9.86. The zero-order valence-corrected chi connectivity index (χ0v) is 17.0. The third kappa shape index (κ3) is 5.82. The number of piperidine rings is 1. The molecule has 0 unspecified atom stereocenters. The average Bonchev–Trinajstić information content (AvgIpc) is 2.62. The number of aromatic nitrogens is 2. The normalized spacial score (nSPS) is 15.2. The average molecular weight is 369 g/mol. The van der Waals surface area contributed by atoms with Gasteiger partial charge >= 0.3 is 0 Å². The van der Waals surface area contributed by atoms with Gasteiger partial charge in [0.15, 0.2) is 0 Å². The van der Waals surface area contributed by atoms with Crippen molar-refractivity contribution in [2.45, 2.75) is 26.7 Å². The first-order chi connectivity index (χ1) is 13.0. The Labute approximate surface area is 163 Å². The van der Waals surface area contributed by atoms with Gasteiger partial charge in [0.05, 0.1) is 0 Å². The summed E-state index contributed by atoms with van der Waals surface area (Å²) in [5.74, 6) is 2.33. The van der Waals surface area contributed by atoms with Crippen molar-refractivity contribution in [1.82, 2.24) is 14.9 Å². The lowest BCUT2D eigenvalue weighted by Crippen LogP contribution is -2.32. The van der Waals surface area contributed by atoms with E-state index in [9.17, 15) is 0 Å². The number of likely N-dealkylation sites (N-methyl/N-ethyl adjacent to an activating group) is 1. The smallest absolute Gasteiger partial charge is 0.229 e. The van der Waals surface area contributed by atoms with Crippen LogP contribution in [0.15, 0.2) is 30.3 Å². The summed E-state index contributed by atoms with van der Waals surface area (Å²) < 4.78 is 0. The van der Waals surface area contributed by atoms with E-state index in [2.05, 4.69) is 75.7 Å². The maximum absolute atomic E-state index is 4.58. The summed E-state index contributed by atoms with van der Waals surface area (Å²) in [6.45, 7) is 8.45. The van der Waals surface area contributed by atoms with Crippen LogP contribution in [0.4, 0.5) is 23.1 Å². The number of anilines is 4. The molecule has 1 aliphatic heterocycles. The largest absolute Gasteiger partial charge is 0.372 e. The molecule has 0 atom stereocenters. The standard InChI is InChI=1S/C21H32N6/c1-16-9-12-27(13-10-16)19-7-5-18(6-8-19)24-21-23-17(2)15-20(25-21)22-11-14-26(3)4/h5-8,15-16H,9-14H2,1-4H3,(H2,22,23,24,25). The van der Waals surface area contributed by atoms with E-state index in [-0.39, 0.29) is 0 Å². The van der Waals surface area contributed by atoms with Crippen molar-refractivity contribution in [1.29, 1.82) is 0 Å². The van der Waals surface area contributed by atoms with E-state index in [0.29, 0.717) is 5.95 Å². The molecule has 0 radical (unpaired) electrons. The predicted octanol–water partition coefficient (Wildman–Crippen LogP) is 3.74. The van der Waals surface area contributed by atoms with Gasteiger partial charge in [0, 0.05) is 49.3 Å². The Bertz CT molecular complexity index is 720. The molecule has 0 saturated carbocycles. The fourth-order valence-corrected chi connectivity index (χ4v) is 3.27. The zero-order chi connectivity index (χ0) is 19.2. The molecule has 6 heteroatoms. The lowest BCUT2D eigenvalue weighted by atomic mass is 9.99. The highest BCUT2D eigenvalue weighted by Gasteiger charge is 2.15. The van der Waals surface area contributed by atoms with Crippen LogP contribution in [-0.4, -0.2) is 55.1 Å². The summed E-state index contributed by atoms with van der Waals surface area (Å²) in [4.78, 5) is 13.7. The molecular formula is C21H32N6. The highest BCUT2D eigenvalue weighted by molar-refractivity contribution is 5.60. The van der Waals surface area contributed by atoms with E-state index >= 15 is 0 Å². The van der Waals surface area contributed by atoms with Gasteiger partial charge in [0.2, 0.25) is 5.95 Å². The summed E-state index contributed by atoms with van der Waals surface area (Å²) in [7, 11) is 4.13. The molecule has 2 aromatic rings. The Balaban J connectivity index is 1.62. The lowest BCUT2D eigenvalue weighted by Gasteiger charge is -2.32. The van der Waals surface area contributed by atoms with Crippen molar-refractivity contribution < 1.29 is 0 Å². The van der Waals surface area contributed by atoms with Gasteiger partial charge in [-0.1, -0.05) is 6.92 Å². The fourth-order valence-electron chi connectivity index (χ4n) is 3.27. The van der Waals surface area contributed by atoms with Crippen LogP contribution >= 0.6 is 0 Å². The summed E-state index contributed by atoms with van der Waals surface area (Å²) >= 11 is 0. The molecule has 1 aromatic carbocycles. The molecule has 1 fully saturated rings. The first-order valence-corrected chi connectivity index (χ1v) is 9.86. The summed E-state index contributed by atoms with van der Waals surface area (Å²) in [6.07, 6.45) is 2.56. The molecule has 6 nitrogen and oxygen atoms in total. The van der Waals surface area contributed by atoms with E-state index in [1.807, 2.05) is 13.0 Å². The third-order valence-corrected chi connectivity index (χ3v) is 4.99. The van der Waals surface area contributed by atoms with Crippen molar-refractivity contribution in [3.63, 3.8) is 0 Å². The van der Waals surface area contributed by atoms with E-state index in [0.717, 1.165) is 49.3 Å². The van der Waals surface area contributed by atoms with Crippen LogP contribution < -0.4 is 15.5 Å². The molecule has 1 aliphatic rings. The van der Waals surface area contributed by atoms with Gasteiger partial charge < -0.3 is 20.4 Å². The van der Waals surface area contributed by atoms with Crippen molar-refractivity contribution in [2.75, 3.05) is 55.8 Å². The first kappa shape index (κ1) is 19.4. The van der Waals surface area contributed by atoms with Crippen LogP contribution in [0, 0.1) is 12.8 Å². The van der Waals surface area contributed by atoms with Crippen LogP contribution in [0.3, 0.4) is 0 Å². The topological polar surface area (TPSA) is 56.3 Å². The second-order valence-corrected chi connectivity index (χ2v) is 7.79. The number of hydrogen-bond acceptors (Lipinski definition) is 6. The van der Waals surface area contributed by atoms with Crippen molar-refractivity contribution in [2.24, 2.45) is 5.92 Å². The number of rotatable bonds is 7. The monoisotopic (exact) mass is 368 g/mol. The second-order valence-electron chi connectivity index (χ2n) is 7.79. The second kappa shape index (κ2) is 9.04. The Kier molecular flexibility index (Phi) is 6.50. The summed E-state index contributed by atoms with van der Waals surface area (Å²) in [5.41, 5.74) is 3.25. The van der Waals surface area contributed by atoms with E-state index in [4.69, 9.17) is 0 Å². The van der Waals surface area contributed by atoms with E-state index in [1.54, 1.807) is 0 Å². The van der Waals surface area contributed by atoms with Gasteiger partial charge in [-0.05, 0) is 64.0 Å². The summed E-state index contributed by atoms with van der Waals surface area (Å²) in [5, 5.41) is 6.69. The third-order valence-electron chi connectivity index (χ3n) is 4.99. The van der Waals surface area contributed by atoms with Crippen molar-refractivity contribution >= 4 is 23.1 Å². The van der Waals surface area contributed by atoms with Crippen LogP contribution in [0.2, 0.25) is 0 Å². The number of nitrogens with zero attached hydrogens (tertiary/aromatic N) is 4. The molecule has 2 N–H and O–H groups in total. The molecule has 0 bridgehead atoms. The summed E-state index contributed by atoms with van der Waals surface area (Å²) in [6, 6.07) is 10.6. The quantitative estimate of drug-likeness (QED) is 0.776. The van der Waals surface area contributed by atoms with Gasteiger partial charge in [0.25, 0.3) is 0 Å². The van der Waals surface area contributed by atoms with Crippen LogP contribution in [0.25, 0.3) is 0 Å². The predicted molar refractivity (Wildman–Crippen MR) is 114 cm³/mol. The Hall–Kier alpha value is -2.34. The van der Waals surface area contributed by atoms with Gasteiger partial charge in [-0.3, -0.25) is 0 Å². The number of hydrogen-bond donors (Lipinski definition) is 2. The maximum atomic E-state index is 4.58. The van der Waals surface area contributed by atoms with Crippen LogP contribution in [0.1, 0.15) is 25.5 Å². The Morgan fingerprint density at radius 3 is 2.48 bits per heavy atom. The fraction of sp³-hybridized carbons (Fsp3) is 0.524. The van der Waals surface area contributed by atoms with E-state index in [1.165, 1.54) is 18.5 Å². The minimum absolute atomic E-state index is 0.627. The molecule has 2 heterocycles. The number of benzene rings is 1. The van der Waals surface area contributed by atoms with Gasteiger partial charge in [0.1, 0.15) is 5.82 Å². The lowest BCUT2D eigenvalue weighted by molar-refractivity contribution is 0.425. The minimum atomic E-state index is 0.627. The molecule has 3 rings (SSSR count). The van der Waals surface area contributed by atoms with Gasteiger partial charge in [-0.25, -0.2) is 4.98 Å². The Morgan fingerprint density at radius 1 is 1.11 bits per heavy atom. The molecule has 1 aromatic heterocycles. The molecule has 27 heavy (non-hydrogen) atoms. The molecule has 0 spiro atoms. The van der Waals surface area contributed by atoms with Crippen molar-refractivity contribution in [3.8, 4) is 0 Å². The number of aryl methyl sites for hydroxylation is 1. The minimum Gasteiger partial charge on any atom is -0.372 e. The SMILES string of the molecule is Cc1cc(NCCN(C)C)nc(Nc2ccc(N3CCC(C)CC3)cc2)n1. The Morgan fingerprint density at radius 2 is 1.81 bits per heavy atom. The van der Waals surface area contributed by atoms with Crippen LogP contribution in [0.5, 0.6) is 0 Å². The molecule has 1 saturated heterocycles. The van der Waals surface area contributed by atoms with Crippen LogP contribution in [-0.2, 0) is 0 Å². The highest BCUT2D eigenvalue weighted by atomic mass is 15.2. The van der Waals surface area contributed by atoms with Gasteiger partial charge in [-0.2, -0.15) is 4.98 Å². The van der Waals surface area contributed by atoms with E-state index < -0.39 is 0 Å². The molecule has 0 aliphatic carbocycles. The number of nitrogens with one attached hydrogen (secondary N) is 2. The van der Waals surface area contributed by atoms with Gasteiger partial charge in [-0.15, -0.1) is 0 Å². The molecule has 0 amide bonds. The highest BCUT2D eigenvalue weighted by Crippen LogP contribution is 2.25. The zero-order valence-electron chi connectivity index (χ0n) is 17.0. The molecule has 146 valence electrons. The maximum Gasteiger partial charge on any atom is 0.229 e.